The maximum absolute atomic E-state index is 13.7. The van der Waals surface area contributed by atoms with E-state index >= 15 is 0 Å². The molecule has 5 rings (SSSR count). The number of nitrogens with zero attached hydrogens (tertiary/aromatic N) is 1. The molecule has 4 aliphatic heterocycles. The third kappa shape index (κ3) is 4.73. The molecule has 0 unspecified atom stereocenters. The van der Waals surface area contributed by atoms with Gasteiger partial charge in [-0.15, -0.1) is 0 Å². The van der Waals surface area contributed by atoms with Crippen molar-refractivity contribution in [1.29, 1.82) is 0 Å². The van der Waals surface area contributed by atoms with Gasteiger partial charge in [0.25, 0.3) is 0 Å². The average molecular weight is 514 g/mol. The molecule has 2 bridgehead atoms. The van der Waals surface area contributed by atoms with Crippen molar-refractivity contribution in [3.8, 4) is 0 Å². The van der Waals surface area contributed by atoms with Crippen LogP contribution in [0.15, 0.2) is 52.8 Å². The standard InChI is InChI=1S/C29H39NO7/c1-17-6-5-7-21-16-34-26-25(30-33)11-10-24(29(21,26)32)27(31)36-23-13-22(9-8-18(2)12-17)37-28(14-23)20(4)19(3)15-35-28/h5-8,10-11,17,19-20,22-24,26,32-33H,9,12-16H2,1-4H3/b6-5+,18-8+,21-7+,30-25-/t17-,19+,20+,22+,23-,24-,26+,28-,29+/m0/s1. The van der Waals surface area contributed by atoms with Gasteiger partial charge in [-0.1, -0.05) is 61.9 Å². The lowest BCUT2D eigenvalue weighted by atomic mass is 9.73. The highest BCUT2D eigenvalue weighted by Crippen LogP contribution is 2.47. The highest BCUT2D eigenvalue weighted by molar-refractivity contribution is 6.03. The zero-order valence-corrected chi connectivity index (χ0v) is 22.1. The Bertz CT molecular complexity index is 1060. The summed E-state index contributed by atoms with van der Waals surface area (Å²) < 4.78 is 24.8. The van der Waals surface area contributed by atoms with Crippen molar-refractivity contribution in [3.63, 3.8) is 0 Å². The molecule has 3 fully saturated rings. The third-order valence-electron chi connectivity index (χ3n) is 8.83. The number of rotatable bonds is 0. The van der Waals surface area contributed by atoms with Crippen molar-refractivity contribution in [3.05, 3.63) is 47.6 Å². The Labute approximate surface area is 218 Å². The van der Waals surface area contributed by atoms with Crippen LogP contribution in [0.4, 0.5) is 0 Å². The minimum absolute atomic E-state index is 0.120. The van der Waals surface area contributed by atoms with Gasteiger partial charge in [0.1, 0.15) is 29.4 Å². The quantitative estimate of drug-likeness (QED) is 0.218. The molecule has 0 aromatic rings. The molecule has 0 amide bonds. The highest BCUT2D eigenvalue weighted by atomic mass is 16.7. The molecular weight excluding hydrogens is 474 g/mol. The second-order valence-electron chi connectivity index (χ2n) is 11.5. The number of allylic oxidation sites excluding steroid dienone is 4. The van der Waals surface area contributed by atoms with E-state index in [2.05, 4.69) is 45.0 Å². The third-order valence-corrected chi connectivity index (χ3v) is 8.83. The molecule has 5 aliphatic rings. The van der Waals surface area contributed by atoms with Crippen molar-refractivity contribution < 1.29 is 34.1 Å². The number of carbonyl (C=O) groups excluding carboxylic acids is 1. The Hall–Kier alpha value is -2.26. The first kappa shape index (κ1) is 26.4. The van der Waals surface area contributed by atoms with Gasteiger partial charge in [-0.3, -0.25) is 4.79 Å². The normalized spacial score (nSPS) is 49.2. The fourth-order valence-corrected chi connectivity index (χ4v) is 6.48. The Morgan fingerprint density at radius 2 is 1.97 bits per heavy atom. The van der Waals surface area contributed by atoms with E-state index in [-0.39, 0.29) is 30.3 Å². The molecule has 8 nitrogen and oxygen atoms in total. The van der Waals surface area contributed by atoms with Crippen LogP contribution in [0.1, 0.15) is 53.4 Å². The van der Waals surface area contributed by atoms with E-state index in [1.54, 1.807) is 6.08 Å². The maximum Gasteiger partial charge on any atom is 0.316 e. The molecule has 1 aliphatic carbocycles. The van der Waals surface area contributed by atoms with Crippen molar-refractivity contribution in [1.82, 2.24) is 0 Å². The predicted octanol–water partition coefficient (Wildman–Crippen LogP) is 4.08. The lowest BCUT2D eigenvalue weighted by Crippen LogP contribution is -2.56. The fraction of sp³-hybridized carbons (Fsp3) is 0.655. The number of ether oxygens (including phenoxy) is 4. The Kier molecular flexibility index (Phi) is 7.22. The van der Waals surface area contributed by atoms with Crippen molar-refractivity contribution >= 4 is 11.7 Å². The summed E-state index contributed by atoms with van der Waals surface area (Å²) >= 11 is 0. The predicted molar refractivity (Wildman–Crippen MR) is 137 cm³/mol. The molecule has 0 saturated carbocycles. The van der Waals surface area contributed by atoms with Crippen LogP contribution >= 0.6 is 0 Å². The van der Waals surface area contributed by atoms with Gasteiger partial charge in [0.05, 0.1) is 19.3 Å². The summed E-state index contributed by atoms with van der Waals surface area (Å²) in [4.78, 5) is 13.7. The van der Waals surface area contributed by atoms with E-state index in [0.29, 0.717) is 37.4 Å². The van der Waals surface area contributed by atoms with E-state index in [1.165, 1.54) is 11.6 Å². The van der Waals surface area contributed by atoms with E-state index in [9.17, 15) is 15.1 Å². The van der Waals surface area contributed by atoms with Gasteiger partial charge in [-0.05, 0) is 43.3 Å². The molecule has 8 heteroatoms. The minimum Gasteiger partial charge on any atom is -0.462 e. The lowest BCUT2D eigenvalue weighted by Gasteiger charge is -2.44. The topological polar surface area (TPSA) is 107 Å². The van der Waals surface area contributed by atoms with Crippen molar-refractivity contribution in [2.75, 3.05) is 13.2 Å². The molecule has 202 valence electrons. The number of fused-ring (bicyclic) bond motifs is 2. The molecule has 37 heavy (non-hydrogen) atoms. The number of carbonyl (C=O) groups is 1. The molecule has 1 spiro atoms. The van der Waals surface area contributed by atoms with Crippen LogP contribution in [0, 0.1) is 23.7 Å². The van der Waals surface area contributed by atoms with E-state index in [1.807, 2.05) is 12.2 Å². The largest absolute Gasteiger partial charge is 0.462 e. The van der Waals surface area contributed by atoms with Gasteiger partial charge in [-0.25, -0.2) is 0 Å². The molecule has 0 aromatic heterocycles. The summed E-state index contributed by atoms with van der Waals surface area (Å²) in [6.45, 7) is 9.30. The minimum atomic E-state index is -1.71. The maximum atomic E-state index is 13.7. The molecular formula is C29H39NO7. The SMILES string of the molecule is C/C1=C\C[C@@H]2C[C@@H](C[C@]3(OC[C@@H](C)[C@H]3C)O2)OC(=O)[C@@H]2C=C/C(=N/O)[C@H]3OC/C(=C\C=C\[C@H](C)C1)[C@]32O. The van der Waals surface area contributed by atoms with Crippen LogP contribution in [-0.2, 0) is 23.7 Å². The first-order valence-electron chi connectivity index (χ1n) is 13.5. The van der Waals surface area contributed by atoms with Crippen LogP contribution in [0.3, 0.4) is 0 Å². The lowest BCUT2D eigenvalue weighted by molar-refractivity contribution is -0.291. The molecule has 0 radical (unpaired) electrons. The van der Waals surface area contributed by atoms with Crippen LogP contribution in [-0.4, -0.2) is 64.9 Å². The highest BCUT2D eigenvalue weighted by Gasteiger charge is 2.59. The van der Waals surface area contributed by atoms with Crippen LogP contribution in [0.25, 0.3) is 0 Å². The van der Waals surface area contributed by atoms with Crippen molar-refractivity contribution in [2.45, 2.75) is 83.1 Å². The van der Waals surface area contributed by atoms with Gasteiger partial charge in [-0.2, -0.15) is 0 Å². The summed E-state index contributed by atoms with van der Waals surface area (Å²) in [6, 6.07) is 0. The summed E-state index contributed by atoms with van der Waals surface area (Å²) in [5.74, 6) is -1.57. The average Bonchev–Trinajstić information content (AvgIpc) is 3.33. The number of hydrogen-bond donors (Lipinski definition) is 2. The molecule has 2 N–H and O–H groups in total. The Morgan fingerprint density at radius 3 is 2.70 bits per heavy atom. The first-order chi connectivity index (χ1) is 17.7. The van der Waals surface area contributed by atoms with Crippen molar-refractivity contribution in [2.24, 2.45) is 28.8 Å². The number of oxime groups is 1. The second kappa shape index (κ2) is 10.1. The summed E-state index contributed by atoms with van der Waals surface area (Å²) in [5, 5.41) is 24.8. The second-order valence-corrected chi connectivity index (χ2v) is 11.5. The monoisotopic (exact) mass is 513 g/mol. The molecule has 4 heterocycles. The van der Waals surface area contributed by atoms with Crippen LogP contribution in [0.5, 0.6) is 0 Å². The summed E-state index contributed by atoms with van der Waals surface area (Å²) in [6.07, 6.45) is 12.2. The van der Waals surface area contributed by atoms with Crippen LogP contribution in [0.2, 0.25) is 0 Å². The van der Waals surface area contributed by atoms with Gasteiger partial charge in [0.2, 0.25) is 0 Å². The number of aliphatic hydroxyl groups is 1. The van der Waals surface area contributed by atoms with Gasteiger partial charge >= 0.3 is 5.97 Å². The molecule has 9 atom stereocenters. The summed E-state index contributed by atoms with van der Waals surface area (Å²) in [5.41, 5.74) is 0.291. The zero-order chi connectivity index (χ0) is 26.4. The Balaban J connectivity index is 1.53. The smallest absolute Gasteiger partial charge is 0.316 e. The number of esters is 1. The zero-order valence-electron chi connectivity index (χ0n) is 22.1. The molecule has 3 saturated heterocycles. The first-order valence-corrected chi connectivity index (χ1v) is 13.5. The van der Waals surface area contributed by atoms with E-state index < -0.39 is 35.5 Å². The molecule has 0 aromatic carbocycles. The summed E-state index contributed by atoms with van der Waals surface area (Å²) in [7, 11) is 0. The van der Waals surface area contributed by atoms with E-state index in [0.717, 1.165) is 6.42 Å². The van der Waals surface area contributed by atoms with Crippen LogP contribution < -0.4 is 0 Å². The number of hydrogen-bond acceptors (Lipinski definition) is 8. The van der Waals surface area contributed by atoms with Gasteiger partial charge in [0, 0.05) is 18.8 Å². The van der Waals surface area contributed by atoms with E-state index in [4.69, 9.17) is 18.9 Å². The van der Waals surface area contributed by atoms with Gasteiger partial charge < -0.3 is 29.3 Å². The fourth-order valence-electron chi connectivity index (χ4n) is 6.48. The van der Waals surface area contributed by atoms with Gasteiger partial charge in [0.15, 0.2) is 5.79 Å². The Morgan fingerprint density at radius 1 is 1.16 bits per heavy atom.